The van der Waals surface area contributed by atoms with Gasteiger partial charge in [-0.05, 0) is 19.1 Å². The molecule has 0 aromatic heterocycles. The van der Waals surface area contributed by atoms with Gasteiger partial charge >= 0.3 is 5.97 Å². The molecule has 2 aromatic rings. The molecule has 0 aliphatic rings. The lowest BCUT2D eigenvalue weighted by Gasteiger charge is -2.36. The van der Waals surface area contributed by atoms with E-state index in [-0.39, 0.29) is 11.8 Å². The molecule has 0 fully saturated rings. The summed E-state index contributed by atoms with van der Waals surface area (Å²) in [6.45, 7) is 5.39. The van der Waals surface area contributed by atoms with Crippen LogP contribution in [0.1, 0.15) is 24.2 Å². The van der Waals surface area contributed by atoms with E-state index in [9.17, 15) is 9.59 Å². The quantitative estimate of drug-likeness (QED) is 0.424. The molecule has 0 radical (unpaired) electrons. The zero-order valence-corrected chi connectivity index (χ0v) is 14.3. The fraction of sp³-hybridized carbons (Fsp3) is 0.300. The molecule has 0 aliphatic carbocycles. The van der Waals surface area contributed by atoms with Crippen LogP contribution in [0.2, 0.25) is 0 Å². The van der Waals surface area contributed by atoms with E-state index in [1.54, 1.807) is 0 Å². The van der Waals surface area contributed by atoms with Gasteiger partial charge in [-0.25, -0.2) is 0 Å². The third kappa shape index (κ3) is 4.52. The Morgan fingerprint density at radius 1 is 0.958 bits per heavy atom. The van der Waals surface area contributed by atoms with Crippen molar-refractivity contribution in [1.82, 2.24) is 4.48 Å². The van der Waals surface area contributed by atoms with Crippen LogP contribution in [0.5, 0.6) is 0 Å². The smallest absolute Gasteiger partial charge is 0.302 e. The normalized spacial score (nSPS) is 13.1. The first-order valence-electron chi connectivity index (χ1n) is 8.21. The number of benzene rings is 2. The van der Waals surface area contributed by atoms with Gasteiger partial charge in [-0.2, -0.15) is 0 Å². The third-order valence-corrected chi connectivity index (χ3v) is 4.28. The van der Waals surface area contributed by atoms with Crippen LogP contribution in [0.4, 0.5) is 5.69 Å². The molecule has 4 heteroatoms. The second-order valence-corrected chi connectivity index (χ2v) is 5.81. The highest BCUT2D eigenvalue weighted by Crippen LogP contribution is 2.23. The Kier molecular flexibility index (Phi) is 6.27. The first kappa shape index (κ1) is 17.9. The minimum absolute atomic E-state index is 0.0872. The van der Waals surface area contributed by atoms with Crippen LogP contribution in [0.15, 0.2) is 60.7 Å². The molecule has 0 saturated carbocycles. The molecule has 0 heterocycles. The highest BCUT2D eigenvalue weighted by molar-refractivity contribution is 5.98. The summed E-state index contributed by atoms with van der Waals surface area (Å²) >= 11 is 0. The summed E-state index contributed by atoms with van der Waals surface area (Å²) in [6.07, 6.45) is 0. The average molecular weight is 326 g/mol. The van der Waals surface area contributed by atoms with Crippen molar-refractivity contribution in [2.75, 3.05) is 26.2 Å². The number of hydrogen-bond acceptors (Lipinski definition) is 3. The lowest BCUT2D eigenvalue weighted by atomic mass is 10.1. The number of ether oxygens (including phenoxy) is 1. The summed E-state index contributed by atoms with van der Waals surface area (Å²) in [5.74, 6) is -0.212. The van der Waals surface area contributed by atoms with Gasteiger partial charge in [0.15, 0.2) is 0 Å². The zero-order valence-electron chi connectivity index (χ0n) is 14.3. The summed E-state index contributed by atoms with van der Waals surface area (Å²) in [6, 6.07) is 19.3. The molecule has 0 bridgehead atoms. The van der Waals surface area contributed by atoms with Crippen molar-refractivity contribution in [3.63, 3.8) is 0 Å². The molecule has 0 N–H and O–H groups in total. The first-order valence-corrected chi connectivity index (χ1v) is 8.21. The number of nitrogens with zero attached hydrogens (tertiary/aromatic N) is 1. The van der Waals surface area contributed by atoms with Gasteiger partial charge in [-0.15, -0.1) is 0 Å². The van der Waals surface area contributed by atoms with Crippen LogP contribution >= 0.6 is 0 Å². The largest absolute Gasteiger partial charge is 0.460 e. The molecular formula is C20H24NO3+. The molecule has 0 aliphatic heterocycles. The lowest BCUT2D eigenvalue weighted by molar-refractivity contribution is -0.141. The van der Waals surface area contributed by atoms with Crippen LogP contribution in [-0.4, -0.2) is 38.0 Å². The van der Waals surface area contributed by atoms with E-state index in [0.717, 1.165) is 12.2 Å². The van der Waals surface area contributed by atoms with Gasteiger partial charge in [0.2, 0.25) is 5.78 Å². The fourth-order valence-corrected chi connectivity index (χ4v) is 2.85. The van der Waals surface area contributed by atoms with Crippen molar-refractivity contribution < 1.29 is 14.3 Å². The van der Waals surface area contributed by atoms with E-state index >= 15 is 0 Å². The Hall–Kier alpha value is -2.46. The SMILES string of the molecule is CC[N+](CCOC(C)=O)(CC(=O)c1ccccc1)c1ccccc1. The molecule has 24 heavy (non-hydrogen) atoms. The van der Waals surface area contributed by atoms with Crippen LogP contribution < -0.4 is 4.48 Å². The number of ketones is 1. The second-order valence-electron chi connectivity index (χ2n) is 5.81. The molecular weight excluding hydrogens is 302 g/mol. The number of hydrogen-bond donors (Lipinski definition) is 0. The molecule has 0 amide bonds. The van der Waals surface area contributed by atoms with Crippen molar-refractivity contribution in [3.05, 3.63) is 66.2 Å². The number of esters is 1. The van der Waals surface area contributed by atoms with Crippen molar-refractivity contribution in [2.24, 2.45) is 0 Å². The standard InChI is InChI=1S/C20H24NO3/c1-3-21(14-15-24-17(2)22,19-12-8-5-9-13-19)16-20(23)18-10-6-4-7-11-18/h4-13H,3,14-16H2,1-2H3/q+1. The molecule has 4 nitrogen and oxygen atoms in total. The number of Topliss-reactive ketones (excluding diaryl/α,β-unsaturated/α-hetero) is 1. The highest BCUT2D eigenvalue weighted by atomic mass is 16.5. The predicted octanol–water partition coefficient (Wildman–Crippen LogP) is 3.46. The van der Waals surface area contributed by atoms with Gasteiger partial charge in [-0.3, -0.25) is 14.1 Å². The predicted molar refractivity (Wildman–Crippen MR) is 95.9 cm³/mol. The van der Waals surface area contributed by atoms with E-state index in [0.29, 0.717) is 29.7 Å². The topological polar surface area (TPSA) is 43.4 Å². The molecule has 0 spiro atoms. The Morgan fingerprint density at radius 3 is 2.08 bits per heavy atom. The van der Waals surface area contributed by atoms with E-state index in [2.05, 4.69) is 6.92 Å². The van der Waals surface area contributed by atoms with E-state index in [1.807, 2.05) is 60.7 Å². The number of rotatable bonds is 8. The van der Waals surface area contributed by atoms with Crippen LogP contribution in [0.25, 0.3) is 0 Å². The van der Waals surface area contributed by atoms with Gasteiger partial charge in [0, 0.05) is 12.5 Å². The monoisotopic (exact) mass is 326 g/mol. The van der Waals surface area contributed by atoms with E-state index < -0.39 is 0 Å². The molecule has 1 atom stereocenters. The van der Waals surface area contributed by atoms with Gasteiger partial charge in [0.1, 0.15) is 25.4 Å². The van der Waals surface area contributed by atoms with Crippen molar-refractivity contribution in [1.29, 1.82) is 0 Å². The Balaban J connectivity index is 2.27. The first-order chi connectivity index (χ1) is 11.6. The van der Waals surface area contributed by atoms with Gasteiger partial charge < -0.3 is 4.74 Å². The number of quaternary nitrogens is 1. The van der Waals surface area contributed by atoms with Gasteiger partial charge in [0.05, 0.1) is 6.54 Å². The molecule has 2 aromatic carbocycles. The summed E-state index contributed by atoms with van der Waals surface area (Å²) in [5, 5.41) is 0. The Bertz CT molecular complexity index is 670. The second kappa shape index (κ2) is 8.41. The van der Waals surface area contributed by atoms with Crippen molar-refractivity contribution in [2.45, 2.75) is 13.8 Å². The van der Waals surface area contributed by atoms with Gasteiger partial charge in [-0.1, -0.05) is 48.5 Å². The lowest BCUT2D eigenvalue weighted by Crippen LogP contribution is -2.54. The summed E-state index contributed by atoms with van der Waals surface area (Å²) < 4.78 is 5.60. The Morgan fingerprint density at radius 2 is 1.54 bits per heavy atom. The summed E-state index contributed by atoms with van der Waals surface area (Å²) in [7, 11) is 0. The number of carbonyl (C=O) groups is 2. The fourth-order valence-electron chi connectivity index (χ4n) is 2.85. The molecule has 0 saturated heterocycles. The van der Waals surface area contributed by atoms with Crippen LogP contribution in [0.3, 0.4) is 0 Å². The Labute approximate surface area is 143 Å². The molecule has 1 unspecified atom stereocenters. The molecule has 2 rings (SSSR count). The third-order valence-electron chi connectivity index (χ3n) is 4.28. The summed E-state index contributed by atoms with van der Waals surface area (Å²) in [5.41, 5.74) is 1.76. The zero-order chi connectivity index (χ0) is 17.4. The van der Waals surface area contributed by atoms with Crippen LogP contribution in [-0.2, 0) is 9.53 Å². The maximum Gasteiger partial charge on any atom is 0.302 e. The van der Waals surface area contributed by atoms with Crippen molar-refractivity contribution in [3.8, 4) is 0 Å². The highest BCUT2D eigenvalue weighted by Gasteiger charge is 2.32. The van der Waals surface area contributed by atoms with E-state index in [1.165, 1.54) is 6.92 Å². The summed E-state index contributed by atoms with van der Waals surface area (Å²) in [4.78, 5) is 23.9. The van der Waals surface area contributed by atoms with Crippen molar-refractivity contribution >= 4 is 17.4 Å². The minimum atomic E-state index is -0.299. The number of likely N-dealkylation sites (N-methyl/N-ethyl adjacent to an activating group) is 1. The maximum absolute atomic E-state index is 12.8. The van der Waals surface area contributed by atoms with Crippen LogP contribution in [0, 0.1) is 0 Å². The average Bonchev–Trinajstić information content (AvgIpc) is 2.62. The molecule has 126 valence electrons. The maximum atomic E-state index is 12.8. The number of para-hydroxylation sites is 1. The number of carbonyl (C=O) groups excluding carboxylic acids is 2. The minimum Gasteiger partial charge on any atom is -0.460 e. The van der Waals surface area contributed by atoms with Gasteiger partial charge in [0.25, 0.3) is 0 Å². The van der Waals surface area contributed by atoms with E-state index in [4.69, 9.17) is 4.74 Å².